The smallest absolute Gasteiger partial charge is 0.227 e. The molecule has 0 unspecified atom stereocenters. The number of carbonyl (C=O) groups is 1. The standard InChI is InChI=1S/C16H23ClN2O3/c1-2-21-10-11-22-15-13(17)4-3-5-14(15)19-16(20)12-6-8-18-9-7-12/h3-5,12,18H,2,6-11H2,1H3,(H,19,20). The van der Waals surface area contributed by atoms with Gasteiger partial charge in [-0.05, 0) is 45.0 Å². The third-order valence-corrected chi connectivity index (χ3v) is 3.91. The van der Waals surface area contributed by atoms with Crippen molar-refractivity contribution in [2.75, 3.05) is 38.2 Å². The van der Waals surface area contributed by atoms with E-state index >= 15 is 0 Å². The van der Waals surface area contributed by atoms with Crippen molar-refractivity contribution in [2.24, 2.45) is 5.92 Å². The zero-order valence-corrected chi connectivity index (χ0v) is 13.6. The van der Waals surface area contributed by atoms with Crippen LogP contribution in [0.2, 0.25) is 5.02 Å². The first-order chi connectivity index (χ1) is 10.7. The summed E-state index contributed by atoms with van der Waals surface area (Å²) in [6.45, 7) is 5.22. The van der Waals surface area contributed by atoms with Crippen LogP contribution in [0.25, 0.3) is 0 Å². The minimum atomic E-state index is 0.0263. The molecule has 2 rings (SSSR count). The molecule has 0 radical (unpaired) electrons. The van der Waals surface area contributed by atoms with E-state index in [1.807, 2.05) is 6.92 Å². The Bertz CT molecular complexity index is 490. The van der Waals surface area contributed by atoms with E-state index in [1.165, 1.54) is 0 Å². The van der Waals surface area contributed by atoms with Gasteiger partial charge in [0.25, 0.3) is 0 Å². The van der Waals surface area contributed by atoms with Gasteiger partial charge in [0.2, 0.25) is 5.91 Å². The molecule has 22 heavy (non-hydrogen) atoms. The van der Waals surface area contributed by atoms with Crippen molar-refractivity contribution in [2.45, 2.75) is 19.8 Å². The molecule has 0 saturated carbocycles. The quantitative estimate of drug-likeness (QED) is 0.756. The van der Waals surface area contributed by atoms with Gasteiger partial charge in [-0.2, -0.15) is 0 Å². The molecule has 1 amide bonds. The van der Waals surface area contributed by atoms with Gasteiger partial charge in [0, 0.05) is 12.5 Å². The number of hydrogen-bond acceptors (Lipinski definition) is 4. The van der Waals surface area contributed by atoms with Crippen LogP contribution in [0, 0.1) is 5.92 Å². The molecule has 0 spiro atoms. The van der Waals surface area contributed by atoms with Crippen molar-refractivity contribution < 1.29 is 14.3 Å². The van der Waals surface area contributed by atoms with Crippen molar-refractivity contribution in [3.63, 3.8) is 0 Å². The molecule has 1 fully saturated rings. The highest BCUT2D eigenvalue weighted by Crippen LogP contribution is 2.33. The fourth-order valence-corrected chi connectivity index (χ4v) is 2.65. The molecule has 2 N–H and O–H groups in total. The molecule has 0 aromatic heterocycles. The van der Waals surface area contributed by atoms with Crippen LogP contribution in [0.3, 0.4) is 0 Å². The topological polar surface area (TPSA) is 59.6 Å². The fourth-order valence-electron chi connectivity index (χ4n) is 2.42. The number of carbonyl (C=O) groups excluding carboxylic acids is 1. The van der Waals surface area contributed by atoms with Crippen molar-refractivity contribution in [3.8, 4) is 5.75 Å². The molecule has 122 valence electrons. The van der Waals surface area contributed by atoms with Crippen LogP contribution in [0.4, 0.5) is 5.69 Å². The predicted molar refractivity (Wildman–Crippen MR) is 87.7 cm³/mol. The molecule has 0 bridgehead atoms. The highest BCUT2D eigenvalue weighted by atomic mass is 35.5. The van der Waals surface area contributed by atoms with Crippen LogP contribution in [0.15, 0.2) is 18.2 Å². The third-order valence-electron chi connectivity index (χ3n) is 3.61. The van der Waals surface area contributed by atoms with Crippen molar-refractivity contribution in [3.05, 3.63) is 23.2 Å². The number of halogens is 1. The average molecular weight is 327 g/mol. The summed E-state index contributed by atoms with van der Waals surface area (Å²) in [5.74, 6) is 0.570. The Morgan fingerprint density at radius 3 is 2.86 bits per heavy atom. The van der Waals surface area contributed by atoms with E-state index in [1.54, 1.807) is 18.2 Å². The molecule has 5 nitrogen and oxygen atoms in total. The highest BCUT2D eigenvalue weighted by molar-refractivity contribution is 6.32. The van der Waals surface area contributed by atoms with Crippen LogP contribution in [-0.2, 0) is 9.53 Å². The summed E-state index contributed by atoms with van der Waals surface area (Å²) in [7, 11) is 0. The number of rotatable bonds is 7. The second-order valence-electron chi connectivity index (χ2n) is 5.18. The van der Waals surface area contributed by atoms with Gasteiger partial charge >= 0.3 is 0 Å². The van der Waals surface area contributed by atoms with Crippen molar-refractivity contribution in [1.82, 2.24) is 5.32 Å². The van der Waals surface area contributed by atoms with E-state index in [2.05, 4.69) is 10.6 Å². The highest BCUT2D eigenvalue weighted by Gasteiger charge is 2.22. The molecule has 1 heterocycles. The Balaban J connectivity index is 1.99. The lowest BCUT2D eigenvalue weighted by molar-refractivity contribution is -0.120. The van der Waals surface area contributed by atoms with E-state index in [-0.39, 0.29) is 11.8 Å². The lowest BCUT2D eigenvalue weighted by Gasteiger charge is -2.22. The summed E-state index contributed by atoms with van der Waals surface area (Å²) in [6.07, 6.45) is 1.71. The lowest BCUT2D eigenvalue weighted by atomic mass is 9.97. The number of nitrogens with one attached hydrogen (secondary N) is 2. The normalized spacial score (nSPS) is 15.5. The summed E-state index contributed by atoms with van der Waals surface area (Å²) in [5.41, 5.74) is 0.618. The fraction of sp³-hybridized carbons (Fsp3) is 0.562. The molecule has 1 saturated heterocycles. The van der Waals surface area contributed by atoms with E-state index < -0.39 is 0 Å². The Labute approximate surface area is 136 Å². The minimum absolute atomic E-state index is 0.0263. The molecule has 1 aliphatic rings. The summed E-state index contributed by atoms with van der Waals surface area (Å²) in [5, 5.41) is 6.68. The molecule has 1 aliphatic heterocycles. The second-order valence-corrected chi connectivity index (χ2v) is 5.58. The Morgan fingerprint density at radius 1 is 1.36 bits per heavy atom. The maximum Gasteiger partial charge on any atom is 0.227 e. The zero-order chi connectivity index (χ0) is 15.8. The minimum Gasteiger partial charge on any atom is -0.487 e. The number of ether oxygens (including phenoxy) is 2. The second kappa shape index (κ2) is 8.98. The van der Waals surface area contributed by atoms with E-state index in [0.29, 0.717) is 36.3 Å². The van der Waals surface area contributed by atoms with Gasteiger partial charge in [0.05, 0.1) is 17.3 Å². The monoisotopic (exact) mass is 326 g/mol. The predicted octanol–water partition coefficient (Wildman–Crippen LogP) is 2.69. The Hall–Kier alpha value is -1.30. The van der Waals surface area contributed by atoms with Crippen molar-refractivity contribution >= 4 is 23.2 Å². The number of para-hydroxylation sites is 1. The first-order valence-corrected chi connectivity index (χ1v) is 8.10. The number of piperidine rings is 1. The Morgan fingerprint density at radius 2 is 2.14 bits per heavy atom. The molecule has 6 heteroatoms. The average Bonchev–Trinajstić information content (AvgIpc) is 2.54. The van der Waals surface area contributed by atoms with Gasteiger partial charge in [-0.1, -0.05) is 17.7 Å². The third kappa shape index (κ3) is 4.87. The van der Waals surface area contributed by atoms with Crippen LogP contribution in [0.1, 0.15) is 19.8 Å². The van der Waals surface area contributed by atoms with E-state index in [0.717, 1.165) is 25.9 Å². The molecule has 0 atom stereocenters. The van der Waals surface area contributed by atoms with Gasteiger partial charge in [-0.15, -0.1) is 0 Å². The first-order valence-electron chi connectivity index (χ1n) is 7.73. The van der Waals surface area contributed by atoms with Gasteiger partial charge in [-0.3, -0.25) is 4.79 Å². The molecule has 1 aromatic rings. The van der Waals surface area contributed by atoms with Gasteiger partial charge in [0.15, 0.2) is 5.75 Å². The number of amides is 1. The maximum absolute atomic E-state index is 12.3. The van der Waals surface area contributed by atoms with Crippen molar-refractivity contribution in [1.29, 1.82) is 0 Å². The van der Waals surface area contributed by atoms with Crippen LogP contribution < -0.4 is 15.4 Å². The summed E-state index contributed by atoms with van der Waals surface area (Å²) in [6, 6.07) is 5.36. The summed E-state index contributed by atoms with van der Waals surface area (Å²) >= 11 is 6.18. The molecule has 1 aromatic carbocycles. The molecular formula is C16H23ClN2O3. The van der Waals surface area contributed by atoms with Crippen LogP contribution in [0.5, 0.6) is 5.75 Å². The first kappa shape index (κ1) is 17.1. The van der Waals surface area contributed by atoms with Gasteiger partial charge in [-0.25, -0.2) is 0 Å². The lowest BCUT2D eigenvalue weighted by Crippen LogP contribution is -2.34. The van der Waals surface area contributed by atoms with E-state index in [4.69, 9.17) is 21.1 Å². The van der Waals surface area contributed by atoms with Crippen LogP contribution >= 0.6 is 11.6 Å². The maximum atomic E-state index is 12.3. The number of anilines is 1. The number of benzene rings is 1. The molecule has 0 aliphatic carbocycles. The largest absolute Gasteiger partial charge is 0.487 e. The SMILES string of the molecule is CCOCCOc1c(Cl)cccc1NC(=O)C1CCNCC1. The van der Waals surface area contributed by atoms with Gasteiger partial charge in [0.1, 0.15) is 6.61 Å². The molecular weight excluding hydrogens is 304 g/mol. The van der Waals surface area contributed by atoms with Gasteiger partial charge < -0.3 is 20.1 Å². The van der Waals surface area contributed by atoms with Crippen LogP contribution in [-0.4, -0.2) is 38.8 Å². The Kier molecular flexibility index (Phi) is 6.96. The zero-order valence-electron chi connectivity index (χ0n) is 12.9. The summed E-state index contributed by atoms with van der Waals surface area (Å²) < 4.78 is 10.9. The summed E-state index contributed by atoms with van der Waals surface area (Å²) in [4.78, 5) is 12.3. The van der Waals surface area contributed by atoms with E-state index in [9.17, 15) is 4.79 Å². The number of hydrogen-bond donors (Lipinski definition) is 2.